The molecule has 1 aromatic carbocycles. The van der Waals surface area contributed by atoms with Gasteiger partial charge in [-0.3, -0.25) is 0 Å². The number of carbonyl (C=O) groups excluding carboxylic acids is 1. The van der Waals surface area contributed by atoms with Gasteiger partial charge in [-0.2, -0.15) is 5.26 Å². The van der Waals surface area contributed by atoms with Gasteiger partial charge in [0, 0.05) is 23.8 Å². The highest BCUT2D eigenvalue weighted by atomic mass is 79.9. The lowest BCUT2D eigenvalue weighted by Gasteiger charge is -2.11. The summed E-state index contributed by atoms with van der Waals surface area (Å²) in [5, 5.41) is 17.5. The number of amides is 2. The first-order valence-electron chi connectivity index (χ1n) is 7.00. The minimum Gasteiger partial charge on any atom is -0.367 e. The van der Waals surface area contributed by atoms with E-state index >= 15 is 0 Å². The van der Waals surface area contributed by atoms with Crippen molar-refractivity contribution >= 4 is 33.5 Å². The zero-order valence-electron chi connectivity index (χ0n) is 12.6. The van der Waals surface area contributed by atoms with Crippen LogP contribution in [0.2, 0.25) is 0 Å². The number of rotatable bonds is 5. The number of benzene rings is 1. The van der Waals surface area contributed by atoms with Crippen molar-refractivity contribution in [3.05, 3.63) is 52.1 Å². The van der Waals surface area contributed by atoms with Crippen LogP contribution in [0.4, 0.5) is 16.3 Å². The van der Waals surface area contributed by atoms with Gasteiger partial charge in [-0.05, 0) is 52.7 Å². The maximum atomic E-state index is 11.8. The zero-order chi connectivity index (χ0) is 16.7. The lowest BCUT2D eigenvalue weighted by molar-refractivity contribution is 0.252. The lowest BCUT2D eigenvalue weighted by Crippen LogP contribution is -2.32. The zero-order valence-corrected chi connectivity index (χ0v) is 14.1. The summed E-state index contributed by atoms with van der Waals surface area (Å²) in [4.78, 5) is 15.9. The van der Waals surface area contributed by atoms with Crippen LogP contribution in [0, 0.1) is 18.3 Å². The predicted molar refractivity (Wildman–Crippen MR) is 93.3 cm³/mol. The third-order valence-electron chi connectivity index (χ3n) is 3.00. The van der Waals surface area contributed by atoms with E-state index in [1.165, 1.54) is 0 Å². The topological polar surface area (TPSA) is 89.8 Å². The first kappa shape index (κ1) is 16.8. The van der Waals surface area contributed by atoms with Gasteiger partial charge in [0.25, 0.3) is 0 Å². The van der Waals surface area contributed by atoms with Crippen molar-refractivity contribution in [1.82, 2.24) is 10.3 Å². The molecule has 7 heteroatoms. The SMILES string of the molecule is Cc1ccc(NC(=O)NCCNc2ncccc2C#N)c(Br)c1. The van der Waals surface area contributed by atoms with E-state index in [0.29, 0.717) is 30.2 Å². The number of hydrogen-bond acceptors (Lipinski definition) is 4. The summed E-state index contributed by atoms with van der Waals surface area (Å²) in [6, 6.07) is 10.8. The van der Waals surface area contributed by atoms with E-state index < -0.39 is 0 Å². The second-order valence-electron chi connectivity index (χ2n) is 4.80. The molecule has 3 N–H and O–H groups in total. The minimum absolute atomic E-state index is 0.294. The van der Waals surface area contributed by atoms with Crippen LogP contribution in [0.1, 0.15) is 11.1 Å². The highest BCUT2D eigenvalue weighted by Crippen LogP contribution is 2.23. The summed E-state index contributed by atoms with van der Waals surface area (Å²) in [5.41, 5.74) is 2.29. The largest absolute Gasteiger partial charge is 0.367 e. The smallest absolute Gasteiger partial charge is 0.319 e. The third kappa shape index (κ3) is 4.97. The monoisotopic (exact) mass is 373 g/mol. The van der Waals surface area contributed by atoms with Gasteiger partial charge in [0.2, 0.25) is 0 Å². The van der Waals surface area contributed by atoms with E-state index in [2.05, 4.69) is 42.9 Å². The van der Waals surface area contributed by atoms with E-state index in [1.54, 1.807) is 18.3 Å². The number of halogens is 1. The average Bonchev–Trinajstić information content (AvgIpc) is 2.54. The normalized spacial score (nSPS) is 9.78. The van der Waals surface area contributed by atoms with Crippen molar-refractivity contribution in [1.29, 1.82) is 5.26 Å². The molecule has 2 amide bonds. The number of nitriles is 1. The maximum Gasteiger partial charge on any atom is 0.319 e. The van der Waals surface area contributed by atoms with Crippen LogP contribution < -0.4 is 16.0 Å². The number of aryl methyl sites for hydroxylation is 1. The van der Waals surface area contributed by atoms with Gasteiger partial charge < -0.3 is 16.0 Å². The number of nitrogens with one attached hydrogen (secondary N) is 3. The van der Waals surface area contributed by atoms with Crippen molar-refractivity contribution in [2.24, 2.45) is 0 Å². The van der Waals surface area contributed by atoms with Crippen LogP contribution in [-0.4, -0.2) is 24.1 Å². The van der Waals surface area contributed by atoms with Gasteiger partial charge >= 0.3 is 6.03 Å². The maximum absolute atomic E-state index is 11.8. The Morgan fingerprint density at radius 3 is 2.91 bits per heavy atom. The fourth-order valence-electron chi connectivity index (χ4n) is 1.88. The summed E-state index contributed by atoms with van der Waals surface area (Å²) < 4.78 is 0.831. The predicted octanol–water partition coefficient (Wildman–Crippen LogP) is 3.26. The Hall–Kier alpha value is -2.59. The first-order valence-corrected chi connectivity index (χ1v) is 7.79. The molecular weight excluding hydrogens is 358 g/mol. The Morgan fingerprint density at radius 1 is 1.35 bits per heavy atom. The van der Waals surface area contributed by atoms with Crippen molar-refractivity contribution in [3.63, 3.8) is 0 Å². The second kappa shape index (κ2) is 8.15. The van der Waals surface area contributed by atoms with Crippen LogP contribution >= 0.6 is 15.9 Å². The number of anilines is 2. The van der Waals surface area contributed by atoms with Gasteiger partial charge in [0.15, 0.2) is 0 Å². The summed E-state index contributed by atoms with van der Waals surface area (Å²) in [7, 11) is 0. The molecular formula is C16H16BrN5O. The Labute approximate surface area is 143 Å². The second-order valence-corrected chi connectivity index (χ2v) is 5.66. The van der Waals surface area contributed by atoms with Crippen LogP contribution in [0.25, 0.3) is 0 Å². The van der Waals surface area contributed by atoms with Crippen LogP contribution in [0.3, 0.4) is 0 Å². The molecule has 0 saturated carbocycles. The van der Waals surface area contributed by atoms with Crippen LogP contribution in [0.15, 0.2) is 41.0 Å². The Kier molecular flexibility index (Phi) is 5.94. The fraction of sp³-hybridized carbons (Fsp3) is 0.188. The Morgan fingerprint density at radius 2 is 2.17 bits per heavy atom. The molecule has 2 aromatic rings. The molecule has 2 rings (SSSR count). The number of hydrogen-bond donors (Lipinski definition) is 3. The molecule has 0 aliphatic rings. The van der Waals surface area contributed by atoms with Crippen molar-refractivity contribution in [3.8, 4) is 6.07 Å². The molecule has 0 unspecified atom stereocenters. The summed E-state index contributed by atoms with van der Waals surface area (Å²) in [5.74, 6) is 0.512. The number of pyridine rings is 1. The van der Waals surface area contributed by atoms with Crippen LogP contribution in [-0.2, 0) is 0 Å². The lowest BCUT2D eigenvalue weighted by atomic mass is 10.2. The van der Waals surface area contributed by atoms with Gasteiger partial charge in [0.05, 0.1) is 11.3 Å². The molecule has 6 nitrogen and oxygen atoms in total. The van der Waals surface area contributed by atoms with Crippen molar-refractivity contribution in [2.45, 2.75) is 6.92 Å². The van der Waals surface area contributed by atoms with Crippen molar-refractivity contribution < 1.29 is 4.79 Å². The number of urea groups is 1. The van der Waals surface area contributed by atoms with E-state index in [-0.39, 0.29) is 6.03 Å². The summed E-state index contributed by atoms with van der Waals surface area (Å²) in [6.45, 7) is 2.85. The van der Waals surface area contributed by atoms with Crippen molar-refractivity contribution in [2.75, 3.05) is 23.7 Å². The first-order chi connectivity index (χ1) is 11.1. The molecule has 0 aliphatic heterocycles. The minimum atomic E-state index is -0.294. The van der Waals surface area contributed by atoms with Crippen LogP contribution in [0.5, 0.6) is 0 Å². The molecule has 0 radical (unpaired) electrons. The van der Waals surface area contributed by atoms with Gasteiger partial charge in [-0.1, -0.05) is 6.07 Å². The number of aromatic nitrogens is 1. The molecule has 0 saturated heterocycles. The highest BCUT2D eigenvalue weighted by Gasteiger charge is 2.05. The Bertz CT molecular complexity index is 741. The highest BCUT2D eigenvalue weighted by molar-refractivity contribution is 9.10. The molecule has 0 atom stereocenters. The molecule has 1 heterocycles. The number of nitrogens with zero attached hydrogens (tertiary/aromatic N) is 2. The molecule has 23 heavy (non-hydrogen) atoms. The fourth-order valence-corrected chi connectivity index (χ4v) is 2.47. The van der Waals surface area contributed by atoms with Gasteiger partial charge in [-0.25, -0.2) is 9.78 Å². The van der Waals surface area contributed by atoms with Gasteiger partial charge in [-0.15, -0.1) is 0 Å². The summed E-state index contributed by atoms with van der Waals surface area (Å²) in [6.07, 6.45) is 1.61. The molecule has 1 aromatic heterocycles. The molecule has 0 aliphatic carbocycles. The molecule has 0 fully saturated rings. The van der Waals surface area contributed by atoms with E-state index in [0.717, 1.165) is 10.0 Å². The van der Waals surface area contributed by atoms with E-state index in [9.17, 15) is 4.79 Å². The third-order valence-corrected chi connectivity index (χ3v) is 3.66. The van der Waals surface area contributed by atoms with Gasteiger partial charge in [0.1, 0.15) is 11.9 Å². The summed E-state index contributed by atoms with van der Waals surface area (Å²) >= 11 is 3.41. The molecule has 0 bridgehead atoms. The van der Waals surface area contributed by atoms with E-state index in [4.69, 9.17) is 5.26 Å². The standard InChI is InChI=1S/C16H16BrN5O/c1-11-4-5-14(13(17)9-11)22-16(23)21-8-7-20-15-12(10-18)3-2-6-19-15/h2-6,9H,7-8H2,1H3,(H,19,20)(H2,21,22,23). The number of carbonyl (C=O) groups is 1. The van der Waals surface area contributed by atoms with E-state index in [1.807, 2.05) is 25.1 Å². The Balaban J connectivity index is 1.78. The quantitative estimate of drug-likeness (QED) is 0.701. The average molecular weight is 374 g/mol. The molecule has 118 valence electrons. The molecule has 0 spiro atoms.